The summed E-state index contributed by atoms with van der Waals surface area (Å²) in [6.07, 6.45) is 0.451. The van der Waals surface area contributed by atoms with Gasteiger partial charge in [-0.05, 0) is 30.7 Å². The monoisotopic (exact) mass is 528 g/mol. The van der Waals surface area contributed by atoms with E-state index in [9.17, 15) is 4.79 Å². The number of fused-ring (bicyclic) bond motifs is 1. The number of para-hydroxylation sites is 1. The molecule has 0 fully saturated rings. The van der Waals surface area contributed by atoms with Crippen LogP contribution in [0.1, 0.15) is 30.4 Å². The van der Waals surface area contributed by atoms with Gasteiger partial charge in [0.25, 0.3) is 0 Å². The van der Waals surface area contributed by atoms with Crippen LogP contribution < -0.4 is 20.7 Å². The Bertz CT molecular complexity index is 876. The maximum absolute atomic E-state index is 12.0. The lowest BCUT2D eigenvalue weighted by atomic mass is 9.90. The molecule has 0 saturated carbocycles. The fourth-order valence-corrected chi connectivity index (χ4v) is 3.43. The Morgan fingerprint density at radius 1 is 1.28 bits per heavy atom. The molecule has 3 rings (SSSR count). The van der Waals surface area contributed by atoms with Gasteiger partial charge in [-0.3, -0.25) is 9.79 Å². The molecule has 8 heteroatoms. The van der Waals surface area contributed by atoms with E-state index in [1.807, 2.05) is 43.3 Å². The number of carbonyl (C=O) groups excluding carboxylic acids is 1. The Morgan fingerprint density at radius 2 is 2.07 bits per heavy atom. The van der Waals surface area contributed by atoms with Gasteiger partial charge in [-0.15, -0.1) is 24.0 Å². The van der Waals surface area contributed by atoms with Crippen molar-refractivity contribution in [3.8, 4) is 5.75 Å². The molecule has 1 aliphatic rings. The van der Waals surface area contributed by atoms with Gasteiger partial charge in [0.15, 0.2) is 5.96 Å². The van der Waals surface area contributed by atoms with Crippen LogP contribution in [0.15, 0.2) is 47.5 Å². The number of aliphatic imine (C=N–C) groups is 1. The molecule has 0 aliphatic carbocycles. The molecule has 0 aromatic heterocycles. The van der Waals surface area contributed by atoms with Crippen molar-refractivity contribution < 1.29 is 9.53 Å². The largest absolute Gasteiger partial charge is 0.493 e. The van der Waals surface area contributed by atoms with E-state index in [0.717, 1.165) is 22.6 Å². The summed E-state index contributed by atoms with van der Waals surface area (Å²) in [5.74, 6) is 1.56. The minimum atomic E-state index is 0. The number of amides is 1. The summed E-state index contributed by atoms with van der Waals surface area (Å²) in [6, 6.07) is 13.5. The molecule has 6 nitrogen and oxygen atoms in total. The fourth-order valence-electron chi connectivity index (χ4n) is 3.27. The van der Waals surface area contributed by atoms with E-state index < -0.39 is 0 Å². The number of halogens is 2. The second kappa shape index (κ2) is 11.3. The number of carbonyl (C=O) groups is 1. The molecule has 0 saturated heterocycles. The molecule has 1 amide bonds. The quantitative estimate of drug-likeness (QED) is 0.299. The van der Waals surface area contributed by atoms with Gasteiger partial charge in [-0.2, -0.15) is 0 Å². The standard InChI is InChI=1S/C21H25ClN4O2.HI/c1-3-28-19-11-16(22)9-8-14(19)12-24-21(23-2)25-13-15-10-20(27)26-18-7-5-4-6-17(15)18;/h4-9,11,15H,3,10,12-13H2,1-2H3,(H,26,27)(H2,23,24,25);1H. The van der Waals surface area contributed by atoms with Crippen LogP contribution in [-0.2, 0) is 11.3 Å². The third-order valence-corrected chi connectivity index (χ3v) is 4.86. The highest BCUT2D eigenvalue weighted by Gasteiger charge is 2.24. The van der Waals surface area contributed by atoms with Crippen molar-refractivity contribution in [2.45, 2.75) is 25.8 Å². The lowest BCUT2D eigenvalue weighted by Crippen LogP contribution is -2.40. The van der Waals surface area contributed by atoms with Crippen molar-refractivity contribution in [1.29, 1.82) is 0 Å². The van der Waals surface area contributed by atoms with Crippen LogP contribution in [0.3, 0.4) is 0 Å². The highest BCUT2D eigenvalue weighted by Crippen LogP contribution is 2.31. The molecule has 29 heavy (non-hydrogen) atoms. The van der Waals surface area contributed by atoms with Gasteiger partial charge in [0.05, 0.1) is 6.61 Å². The maximum Gasteiger partial charge on any atom is 0.225 e. The average Bonchev–Trinajstić information content (AvgIpc) is 2.69. The van der Waals surface area contributed by atoms with E-state index in [1.165, 1.54) is 0 Å². The summed E-state index contributed by atoms with van der Waals surface area (Å²) < 4.78 is 5.66. The first kappa shape index (κ1) is 23.3. The number of ether oxygens (including phenoxy) is 1. The van der Waals surface area contributed by atoms with Crippen molar-refractivity contribution >= 4 is 53.1 Å². The van der Waals surface area contributed by atoms with Crippen molar-refractivity contribution in [1.82, 2.24) is 10.6 Å². The summed E-state index contributed by atoms with van der Waals surface area (Å²) >= 11 is 6.06. The van der Waals surface area contributed by atoms with Gasteiger partial charge in [0.1, 0.15) is 5.75 Å². The van der Waals surface area contributed by atoms with E-state index in [4.69, 9.17) is 16.3 Å². The van der Waals surface area contributed by atoms with Crippen LogP contribution in [0.4, 0.5) is 5.69 Å². The number of anilines is 1. The van der Waals surface area contributed by atoms with Crippen molar-refractivity contribution in [3.05, 3.63) is 58.6 Å². The van der Waals surface area contributed by atoms with E-state index in [2.05, 4.69) is 27.0 Å². The van der Waals surface area contributed by atoms with Crippen LogP contribution in [0, 0.1) is 0 Å². The van der Waals surface area contributed by atoms with E-state index in [0.29, 0.717) is 37.1 Å². The van der Waals surface area contributed by atoms with Gasteiger partial charge in [0, 0.05) is 48.7 Å². The Balaban J connectivity index is 0.00000300. The second-order valence-corrected chi connectivity index (χ2v) is 6.96. The Morgan fingerprint density at radius 3 is 2.83 bits per heavy atom. The van der Waals surface area contributed by atoms with Crippen LogP contribution in [0.5, 0.6) is 5.75 Å². The molecule has 0 radical (unpaired) electrons. The normalized spacial score (nSPS) is 15.6. The number of nitrogens with zero attached hydrogens (tertiary/aromatic N) is 1. The Labute approximate surface area is 193 Å². The average molecular weight is 529 g/mol. The number of hydrogen-bond donors (Lipinski definition) is 3. The predicted octanol–water partition coefficient (Wildman–Crippen LogP) is 4.15. The zero-order valence-electron chi connectivity index (χ0n) is 16.5. The molecule has 1 heterocycles. The molecule has 0 bridgehead atoms. The van der Waals surface area contributed by atoms with Crippen molar-refractivity contribution in [2.24, 2.45) is 4.99 Å². The summed E-state index contributed by atoms with van der Waals surface area (Å²) in [4.78, 5) is 16.3. The van der Waals surface area contributed by atoms with Gasteiger partial charge in [0.2, 0.25) is 5.91 Å². The highest BCUT2D eigenvalue weighted by molar-refractivity contribution is 14.0. The topological polar surface area (TPSA) is 74.8 Å². The second-order valence-electron chi connectivity index (χ2n) is 6.53. The van der Waals surface area contributed by atoms with Crippen LogP contribution in [-0.4, -0.2) is 32.1 Å². The number of hydrogen-bond acceptors (Lipinski definition) is 3. The molecular formula is C21H26ClIN4O2. The lowest BCUT2D eigenvalue weighted by Gasteiger charge is -2.26. The third-order valence-electron chi connectivity index (χ3n) is 4.62. The van der Waals surface area contributed by atoms with Gasteiger partial charge in [-0.1, -0.05) is 35.9 Å². The van der Waals surface area contributed by atoms with Crippen LogP contribution in [0.25, 0.3) is 0 Å². The van der Waals surface area contributed by atoms with Crippen molar-refractivity contribution in [3.63, 3.8) is 0 Å². The fraction of sp³-hybridized carbons (Fsp3) is 0.333. The smallest absolute Gasteiger partial charge is 0.225 e. The summed E-state index contributed by atoms with van der Waals surface area (Å²) in [5.41, 5.74) is 3.02. The molecule has 3 N–H and O–H groups in total. The number of nitrogens with one attached hydrogen (secondary N) is 3. The van der Waals surface area contributed by atoms with Crippen LogP contribution >= 0.6 is 35.6 Å². The molecule has 1 aliphatic heterocycles. The highest BCUT2D eigenvalue weighted by atomic mass is 127. The van der Waals surface area contributed by atoms with Gasteiger partial charge in [-0.25, -0.2) is 0 Å². The first-order valence-electron chi connectivity index (χ1n) is 9.35. The molecule has 156 valence electrons. The Kier molecular flexibility index (Phi) is 9.03. The van der Waals surface area contributed by atoms with Crippen molar-refractivity contribution in [2.75, 3.05) is 25.5 Å². The molecule has 0 spiro atoms. The SMILES string of the molecule is CCOc1cc(Cl)ccc1CNC(=NC)NCC1CC(=O)Nc2ccccc21.I. The Hall–Kier alpha value is -2.00. The molecular weight excluding hydrogens is 503 g/mol. The zero-order valence-corrected chi connectivity index (χ0v) is 19.6. The lowest BCUT2D eigenvalue weighted by molar-refractivity contribution is -0.116. The third kappa shape index (κ3) is 6.24. The maximum atomic E-state index is 12.0. The minimum absolute atomic E-state index is 0. The van der Waals surface area contributed by atoms with Gasteiger partial charge >= 0.3 is 0 Å². The summed E-state index contributed by atoms with van der Waals surface area (Å²) in [5, 5.41) is 10.2. The first-order chi connectivity index (χ1) is 13.6. The first-order valence-corrected chi connectivity index (χ1v) is 9.73. The van der Waals surface area contributed by atoms with E-state index in [1.54, 1.807) is 7.05 Å². The van der Waals surface area contributed by atoms with E-state index in [-0.39, 0.29) is 35.8 Å². The number of rotatable bonds is 6. The van der Waals surface area contributed by atoms with Crippen LogP contribution in [0.2, 0.25) is 5.02 Å². The molecule has 1 unspecified atom stereocenters. The number of benzene rings is 2. The van der Waals surface area contributed by atoms with Gasteiger partial charge < -0.3 is 20.7 Å². The molecule has 2 aromatic rings. The molecule has 1 atom stereocenters. The zero-order chi connectivity index (χ0) is 19.9. The molecule has 2 aromatic carbocycles. The summed E-state index contributed by atoms with van der Waals surface area (Å²) in [7, 11) is 1.72. The predicted molar refractivity (Wildman–Crippen MR) is 129 cm³/mol. The number of guanidine groups is 1. The summed E-state index contributed by atoms with van der Waals surface area (Å²) in [6.45, 7) is 3.68. The minimum Gasteiger partial charge on any atom is -0.493 e. The van der Waals surface area contributed by atoms with E-state index >= 15 is 0 Å².